The maximum Gasteiger partial charge on any atom is 0.216 e. The Hall–Kier alpha value is -1.61. The van der Waals surface area contributed by atoms with Gasteiger partial charge in [-0.25, -0.2) is 4.99 Å². The van der Waals surface area contributed by atoms with E-state index in [1.807, 2.05) is 30.3 Å². The summed E-state index contributed by atoms with van der Waals surface area (Å²) >= 11 is 0. The lowest BCUT2D eigenvalue weighted by molar-refractivity contribution is 0.107. The Morgan fingerprint density at radius 2 is 1.59 bits per heavy atom. The first-order valence-electron chi connectivity index (χ1n) is 11.8. The molecular weight excluding hydrogens is 358 g/mol. The van der Waals surface area contributed by atoms with E-state index < -0.39 is 0 Å². The van der Waals surface area contributed by atoms with Gasteiger partial charge in [0.1, 0.15) is 18.8 Å². The predicted molar refractivity (Wildman–Crippen MR) is 124 cm³/mol. The fourth-order valence-electron chi connectivity index (χ4n) is 3.82. The molecule has 0 unspecified atom stereocenters. The average molecular weight is 400 g/mol. The van der Waals surface area contributed by atoms with E-state index in [0.717, 1.165) is 17.9 Å². The molecule has 1 aliphatic heterocycles. The Balaban J connectivity index is 1.54. The second-order valence-electron chi connectivity index (χ2n) is 8.13. The van der Waals surface area contributed by atoms with Gasteiger partial charge in [0.25, 0.3) is 0 Å². The molecule has 1 aromatic carbocycles. The molecule has 3 nitrogen and oxygen atoms in total. The van der Waals surface area contributed by atoms with Crippen LogP contribution in [0.5, 0.6) is 0 Å². The zero-order valence-corrected chi connectivity index (χ0v) is 18.7. The van der Waals surface area contributed by atoms with E-state index in [2.05, 4.69) is 19.1 Å². The molecule has 0 bridgehead atoms. The predicted octanol–water partition coefficient (Wildman–Crippen LogP) is 7.10. The van der Waals surface area contributed by atoms with Crippen molar-refractivity contribution in [2.75, 3.05) is 13.7 Å². The second kappa shape index (κ2) is 15.3. The van der Waals surface area contributed by atoms with E-state index in [1.54, 1.807) is 7.11 Å². The highest BCUT2D eigenvalue weighted by molar-refractivity contribution is 5.95. The largest absolute Gasteiger partial charge is 0.475 e. The normalized spacial score (nSPS) is 17.4. The summed E-state index contributed by atoms with van der Waals surface area (Å²) in [5, 5.41) is 0. The van der Waals surface area contributed by atoms with Crippen LogP contribution in [0.4, 0.5) is 0 Å². The maximum atomic E-state index is 5.79. The van der Waals surface area contributed by atoms with Crippen LogP contribution >= 0.6 is 0 Å². The van der Waals surface area contributed by atoms with Crippen molar-refractivity contribution in [1.82, 2.24) is 0 Å². The molecule has 2 rings (SSSR count). The van der Waals surface area contributed by atoms with Crippen LogP contribution in [-0.4, -0.2) is 31.8 Å². The SMILES string of the molecule is CCCCCCCCCCCCC/C=C/[C@@H](OC)[C@@H]1COC(c2ccccc2)=N1. The highest BCUT2D eigenvalue weighted by Gasteiger charge is 2.26. The number of rotatable bonds is 16. The summed E-state index contributed by atoms with van der Waals surface area (Å²) in [6, 6.07) is 10.1. The third-order valence-corrected chi connectivity index (χ3v) is 5.65. The number of benzene rings is 1. The summed E-state index contributed by atoms with van der Waals surface area (Å²) in [6.45, 7) is 2.87. The molecule has 1 aliphatic rings. The van der Waals surface area contributed by atoms with E-state index in [1.165, 1.54) is 70.6 Å². The smallest absolute Gasteiger partial charge is 0.216 e. The van der Waals surface area contributed by atoms with Crippen molar-refractivity contribution in [1.29, 1.82) is 0 Å². The van der Waals surface area contributed by atoms with Crippen LogP contribution in [0.2, 0.25) is 0 Å². The Morgan fingerprint density at radius 3 is 2.21 bits per heavy atom. The molecule has 0 aliphatic carbocycles. The van der Waals surface area contributed by atoms with E-state index in [-0.39, 0.29) is 12.1 Å². The van der Waals surface area contributed by atoms with E-state index in [0.29, 0.717) is 6.61 Å². The molecule has 2 atom stereocenters. The standard InChI is InChI=1S/C26H41NO2/c1-3-4-5-6-7-8-9-10-11-12-13-14-18-21-25(28-2)24-22-29-26(27-24)23-19-16-15-17-20-23/h15-21,24-25H,3-14,22H2,1-2H3/b21-18+/t24-,25+/m0/s1. The molecule has 29 heavy (non-hydrogen) atoms. The minimum atomic E-state index is -0.0103. The molecule has 0 saturated carbocycles. The number of hydrogen-bond acceptors (Lipinski definition) is 3. The molecule has 1 aromatic rings. The number of allylic oxidation sites excluding steroid dienone is 1. The van der Waals surface area contributed by atoms with Crippen molar-refractivity contribution in [3.63, 3.8) is 0 Å². The van der Waals surface area contributed by atoms with Gasteiger partial charge in [0.15, 0.2) is 0 Å². The van der Waals surface area contributed by atoms with Crippen molar-refractivity contribution in [3.8, 4) is 0 Å². The summed E-state index contributed by atoms with van der Waals surface area (Å²) in [4.78, 5) is 4.73. The van der Waals surface area contributed by atoms with Gasteiger partial charge in [-0.15, -0.1) is 0 Å². The molecule has 0 saturated heterocycles. The van der Waals surface area contributed by atoms with Crippen molar-refractivity contribution >= 4 is 5.90 Å². The van der Waals surface area contributed by atoms with Gasteiger partial charge < -0.3 is 9.47 Å². The van der Waals surface area contributed by atoms with Crippen LogP contribution in [-0.2, 0) is 9.47 Å². The summed E-state index contributed by atoms with van der Waals surface area (Å²) in [5.41, 5.74) is 1.04. The Labute approximate surface area is 178 Å². The quantitative estimate of drug-likeness (QED) is 0.219. The van der Waals surface area contributed by atoms with Gasteiger partial charge in [-0.2, -0.15) is 0 Å². The van der Waals surface area contributed by atoms with Crippen LogP contribution in [0.15, 0.2) is 47.5 Å². The molecule has 0 fully saturated rings. The lowest BCUT2D eigenvalue weighted by Crippen LogP contribution is -2.25. The van der Waals surface area contributed by atoms with Crippen molar-refractivity contribution in [3.05, 3.63) is 48.0 Å². The van der Waals surface area contributed by atoms with Crippen LogP contribution < -0.4 is 0 Å². The molecule has 0 radical (unpaired) electrons. The molecule has 0 aromatic heterocycles. The molecule has 0 spiro atoms. The fourth-order valence-corrected chi connectivity index (χ4v) is 3.82. The van der Waals surface area contributed by atoms with Crippen LogP contribution in [0, 0.1) is 0 Å². The van der Waals surface area contributed by atoms with Gasteiger partial charge in [0.2, 0.25) is 5.90 Å². The minimum Gasteiger partial charge on any atom is -0.475 e. The molecule has 1 heterocycles. The maximum absolute atomic E-state index is 5.79. The molecule has 0 N–H and O–H groups in total. The number of aliphatic imine (C=N–C) groups is 1. The van der Waals surface area contributed by atoms with Gasteiger partial charge >= 0.3 is 0 Å². The summed E-state index contributed by atoms with van der Waals surface area (Å²) in [6.07, 6.45) is 20.8. The van der Waals surface area contributed by atoms with Crippen molar-refractivity contribution in [2.45, 2.75) is 96.1 Å². The highest BCUT2D eigenvalue weighted by Crippen LogP contribution is 2.17. The first kappa shape index (κ1) is 23.7. The van der Waals surface area contributed by atoms with Gasteiger partial charge in [0, 0.05) is 12.7 Å². The molecule has 162 valence electrons. The van der Waals surface area contributed by atoms with Crippen molar-refractivity contribution in [2.24, 2.45) is 4.99 Å². The van der Waals surface area contributed by atoms with Crippen LogP contribution in [0.1, 0.15) is 89.5 Å². The van der Waals surface area contributed by atoms with Crippen molar-refractivity contribution < 1.29 is 9.47 Å². The lowest BCUT2D eigenvalue weighted by atomic mass is 10.0. The topological polar surface area (TPSA) is 30.8 Å². The highest BCUT2D eigenvalue weighted by atomic mass is 16.5. The lowest BCUT2D eigenvalue weighted by Gasteiger charge is -2.14. The number of hydrogen-bond donors (Lipinski definition) is 0. The molecular formula is C26H41NO2. The third kappa shape index (κ3) is 9.62. The Kier molecular flexibility index (Phi) is 12.5. The first-order chi connectivity index (χ1) is 14.3. The average Bonchev–Trinajstić information content (AvgIpc) is 3.25. The molecule has 0 amide bonds. The second-order valence-corrected chi connectivity index (χ2v) is 8.13. The summed E-state index contributed by atoms with van der Waals surface area (Å²) in [7, 11) is 1.76. The first-order valence-corrected chi connectivity index (χ1v) is 11.8. The zero-order valence-electron chi connectivity index (χ0n) is 18.7. The van der Waals surface area contributed by atoms with Gasteiger partial charge in [-0.1, -0.05) is 101 Å². The number of methoxy groups -OCH3 is 1. The third-order valence-electron chi connectivity index (χ3n) is 5.65. The van der Waals surface area contributed by atoms with E-state index >= 15 is 0 Å². The molecule has 3 heteroatoms. The number of unbranched alkanes of at least 4 members (excludes halogenated alkanes) is 11. The monoisotopic (exact) mass is 399 g/mol. The minimum absolute atomic E-state index is 0.0103. The van der Waals surface area contributed by atoms with Gasteiger partial charge in [-0.05, 0) is 25.0 Å². The Bertz CT molecular complexity index is 582. The zero-order chi connectivity index (χ0) is 20.6. The summed E-state index contributed by atoms with van der Waals surface area (Å²) < 4.78 is 11.4. The summed E-state index contributed by atoms with van der Waals surface area (Å²) in [5.74, 6) is 0.733. The number of ether oxygens (including phenoxy) is 2. The Morgan fingerprint density at radius 1 is 0.966 bits per heavy atom. The van der Waals surface area contributed by atoms with Gasteiger partial charge in [-0.3, -0.25) is 0 Å². The van der Waals surface area contributed by atoms with Crippen LogP contribution in [0.3, 0.4) is 0 Å². The van der Waals surface area contributed by atoms with Gasteiger partial charge in [0.05, 0.1) is 0 Å². The van der Waals surface area contributed by atoms with Crippen LogP contribution in [0.25, 0.3) is 0 Å². The van der Waals surface area contributed by atoms with E-state index in [9.17, 15) is 0 Å². The van der Waals surface area contributed by atoms with E-state index in [4.69, 9.17) is 14.5 Å². The fraction of sp³-hybridized carbons (Fsp3) is 0.654. The number of nitrogens with zero attached hydrogens (tertiary/aromatic N) is 1.